The first-order valence-corrected chi connectivity index (χ1v) is 7.38. The quantitative estimate of drug-likeness (QED) is 0.739. The first-order valence-electron chi connectivity index (χ1n) is 7.38. The summed E-state index contributed by atoms with van der Waals surface area (Å²) >= 11 is 0. The number of hydrogen-bond acceptors (Lipinski definition) is 4. The van der Waals surface area contributed by atoms with E-state index in [4.69, 9.17) is 14.6 Å². The van der Waals surface area contributed by atoms with Crippen LogP contribution in [0.5, 0.6) is 0 Å². The van der Waals surface area contributed by atoms with Gasteiger partial charge in [0.15, 0.2) is 0 Å². The lowest BCUT2D eigenvalue weighted by Gasteiger charge is -2.08. The van der Waals surface area contributed by atoms with Crippen molar-refractivity contribution in [2.24, 2.45) is 0 Å². The minimum atomic E-state index is 0.167. The molecule has 2 rings (SSSR count). The van der Waals surface area contributed by atoms with Crippen LogP contribution in [0.15, 0.2) is 0 Å². The maximum Gasteiger partial charge on any atom is 0.126 e. The van der Waals surface area contributed by atoms with Crippen LogP contribution in [0.4, 0.5) is 0 Å². The molecule has 0 aromatic heterocycles. The van der Waals surface area contributed by atoms with Crippen molar-refractivity contribution in [2.45, 2.75) is 59.3 Å². The van der Waals surface area contributed by atoms with Crippen molar-refractivity contribution in [1.29, 1.82) is 0 Å². The SMILES string of the molecule is C1CCOCC1.C1CCOCC1.CC(C)=O.CCO. The van der Waals surface area contributed by atoms with Gasteiger partial charge in [0.2, 0.25) is 0 Å². The van der Waals surface area contributed by atoms with Gasteiger partial charge < -0.3 is 19.4 Å². The lowest BCUT2D eigenvalue weighted by Crippen LogP contribution is -2.03. The molecule has 0 spiro atoms. The van der Waals surface area contributed by atoms with Crippen LogP contribution in [0.3, 0.4) is 0 Å². The predicted molar refractivity (Wildman–Crippen MR) is 78.5 cm³/mol. The standard InChI is InChI=1S/2C5H10O.C3H6O.C2H6O/c2*1-2-4-6-5-3-1;1-3(2)4;1-2-3/h2*1-5H2;1-2H3;3H,2H2,1H3. The number of carbonyl (C=O) groups is 1. The Morgan fingerprint density at radius 2 is 1.05 bits per heavy atom. The van der Waals surface area contributed by atoms with Gasteiger partial charge in [0.25, 0.3) is 0 Å². The second-order valence-corrected chi connectivity index (χ2v) is 4.57. The van der Waals surface area contributed by atoms with Crippen molar-refractivity contribution in [3.63, 3.8) is 0 Å². The second-order valence-electron chi connectivity index (χ2n) is 4.57. The molecule has 2 fully saturated rings. The van der Waals surface area contributed by atoms with Crippen LogP contribution >= 0.6 is 0 Å². The molecule has 2 aliphatic rings. The Hall–Kier alpha value is -0.450. The normalized spacial score (nSPS) is 17.5. The van der Waals surface area contributed by atoms with E-state index in [1.165, 1.54) is 52.4 Å². The maximum absolute atomic E-state index is 9.44. The van der Waals surface area contributed by atoms with E-state index in [9.17, 15) is 4.79 Å². The molecule has 116 valence electrons. The van der Waals surface area contributed by atoms with Crippen molar-refractivity contribution in [3.05, 3.63) is 0 Å². The Morgan fingerprint density at radius 1 is 0.842 bits per heavy atom. The summed E-state index contributed by atoms with van der Waals surface area (Å²) in [5.74, 6) is 0.167. The number of carbonyl (C=O) groups excluding carboxylic acids is 1. The van der Waals surface area contributed by atoms with Crippen LogP contribution in [0.25, 0.3) is 0 Å². The van der Waals surface area contributed by atoms with Crippen molar-refractivity contribution in [3.8, 4) is 0 Å². The zero-order valence-electron chi connectivity index (χ0n) is 13.0. The summed E-state index contributed by atoms with van der Waals surface area (Å²) < 4.78 is 10.1. The zero-order valence-corrected chi connectivity index (χ0v) is 13.0. The molecule has 2 aliphatic heterocycles. The van der Waals surface area contributed by atoms with Crippen molar-refractivity contribution >= 4 is 5.78 Å². The number of rotatable bonds is 0. The molecule has 0 aromatic rings. The minimum absolute atomic E-state index is 0.167. The van der Waals surface area contributed by atoms with Crippen molar-refractivity contribution in [1.82, 2.24) is 0 Å². The van der Waals surface area contributed by atoms with E-state index in [2.05, 4.69) is 0 Å². The van der Waals surface area contributed by atoms with Gasteiger partial charge in [0.1, 0.15) is 5.78 Å². The van der Waals surface area contributed by atoms with Crippen LogP contribution in [-0.4, -0.2) is 43.9 Å². The molecule has 0 aromatic carbocycles. The molecular formula is C15H32O4. The Morgan fingerprint density at radius 3 is 1.11 bits per heavy atom. The van der Waals surface area contributed by atoms with E-state index in [1.807, 2.05) is 0 Å². The molecule has 2 saturated heterocycles. The third kappa shape index (κ3) is 31.8. The Kier molecular flexibility index (Phi) is 21.8. The number of Topliss-reactive ketones (excluding diaryl/α,β-unsaturated/α-hetero) is 1. The van der Waals surface area contributed by atoms with E-state index < -0.39 is 0 Å². The first kappa shape index (κ1) is 20.9. The first-order chi connectivity index (χ1) is 9.15. The topological polar surface area (TPSA) is 55.8 Å². The molecule has 4 nitrogen and oxygen atoms in total. The van der Waals surface area contributed by atoms with Gasteiger partial charge in [-0.3, -0.25) is 0 Å². The van der Waals surface area contributed by atoms with Crippen LogP contribution < -0.4 is 0 Å². The van der Waals surface area contributed by atoms with Gasteiger partial charge in [-0.15, -0.1) is 0 Å². The van der Waals surface area contributed by atoms with Crippen molar-refractivity contribution < 1.29 is 19.4 Å². The molecule has 0 atom stereocenters. The van der Waals surface area contributed by atoms with E-state index in [0.29, 0.717) is 0 Å². The average molecular weight is 276 g/mol. The maximum atomic E-state index is 9.44. The fourth-order valence-corrected chi connectivity index (χ4v) is 1.37. The van der Waals surface area contributed by atoms with E-state index >= 15 is 0 Å². The molecule has 0 saturated carbocycles. The third-order valence-corrected chi connectivity index (χ3v) is 2.15. The molecule has 0 unspecified atom stereocenters. The summed E-state index contributed by atoms with van der Waals surface area (Å²) in [6.07, 6.45) is 7.86. The highest BCUT2D eigenvalue weighted by Crippen LogP contribution is 2.02. The van der Waals surface area contributed by atoms with Gasteiger partial charge in [0.05, 0.1) is 0 Å². The summed E-state index contributed by atoms with van der Waals surface area (Å²) in [5.41, 5.74) is 0. The van der Waals surface area contributed by atoms with Crippen molar-refractivity contribution in [2.75, 3.05) is 33.0 Å². The van der Waals surface area contributed by atoms with Gasteiger partial charge in [-0.1, -0.05) is 0 Å². The van der Waals surface area contributed by atoms with Gasteiger partial charge >= 0.3 is 0 Å². The smallest absolute Gasteiger partial charge is 0.126 e. The molecule has 0 radical (unpaired) electrons. The lowest BCUT2D eigenvalue weighted by atomic mass is 10.2. The number of ether oxygens (including phenoxy) is 2. The van der Waals surface area contributed by atoms with E-state index in [0.717, 1.165) is 26.4 Å². The Labute approximate surface area is 118 Å². The minimum Gasteiger partial charge on any atom is -0.397 e. The van der Waals surface area contributed by atoms with Crippen LogP contribution in [0.2, 0.25) is 0 Å². The second kappa shape index (κ2) is 19.9. The number of aliphatic hydroxyl groups excluding tert-OH is 1. The molecule has 0 amide bonds. The number of aliphatic hydroxyl groups is 1. The molecule has 19 heavy (non-hydrogen) atoms. The fraction of sp³-hybridized carbons (Fsp3) is 0.933. The van der Waals surface area contributed by atoms with Crippen LogP contribution in [0.1, 0.15) is 59.3 Å². The summed E-state index contributed by atoms with van der Waals surface area (Å²) in [4.78, 5) is 9.44. The third-order valence-electron chi connectivity index (χ3n) is 2.15. The van der Waals surface area contributed by atoms with E-state index in [-0.39, 0.29) is 12.4 Å². The summed E-state index contributed by atoms with van der Waals surface area (Å²) in [6.45, 7) is 8.99. The Balaban J connectivity index is 0. The zero-order chi connectivity index (χ0) is 14.8. The Bertz CT molecular complexity index is 125. The van der Waals surface area contributed by atoms with Gasteiger partial charge in [0, 0.05) is 33.0 Å². The van der Waals surface area contributed by atoms with Crippen LogP contribution in [0, 0.1) is 0 Å². The molecular weight excluding hydrogens is 244 g/mol. The average Bonchev–Trinajstić information content (AvgIpc) is 2.44. The highest BCUT2D eigenvalue weighted by Gasteiger charge is 1.95. The molecule has 0 bridgehead atoms. The molecule has 1 N–H and O–H groups in total. The van der Waals surface area contributed by atoms with Gasteiger partial charge in [-0.05, 0) is 59.3 Å². The summed E-state index contributed by atoms with van der Waals surface area (Å²) in [7, 11) is 0. The highest BCUT2D eigenvalue weighted by molar-refractivity contribution is 5.72. The molecule has 0 aliphatic carbocycles. The lowest BCUT2D eigenvalue weighted by molar-refractivity contribution is -0.114. The predicted octanol–water partition coefficient (Wildman–Crippen LogP) is 2.97. The largest absolute Gasteiger partial charge is 0.397 e. The number of hydrogen-bond donors (Lipinski definition) is 1. The molecule has 4 heteroatoms. The summed E-state index contributed by atoms with van der Waals surface area (Å²) in [6, 6.07) is 0. The monoisotopic (exact) mass is 276 g/mol. The van der Waals surface area contributed by atoms with Gasteiger partial charge in [-0.2, -0.15) is 0 Å². The molecule has 2 heterocycles. The van der Waals surface area contributed by atoms with Crippen LogP contribution in [-0.2, 0) is 14.3 Å². The summed E-state index contributed by atoms with van der Waals surface area (Å²) in [5, 5.41) is 7.57. The highest BCUT2D eigenvalue weighted by atomic mass is 16.5. The fourth-order valence-electron chi connectivity index (χ4n) is 1.37. The van der Waals surface area contributed by atoms with E-state index in [1.54, 1.807) is 6.92 Å². The number of ketones is 1. The van der Waals surface area contributed by atoms with Gasteiger partial charge in [-0.25, -0.2) is 0 Å².